The van der Waals surface area contributed by atoms with Crippen LogP contribution in [0.15, 0.2) is 60.7 Å². The second-order valence-corrected chi connectivity index (χ2v) is 8.29. The summed E-state index contributed by atoms with van der Waals surface area (Å²) in [5, 5.41) is 0.517. The van der Waals surface area contributed by atoms with Crippen molar-refractivity contribution in [1.82, 2.24) is 4.72 Å². The van der Waals surface area contributed by atoms with Crippen molar-refractivity contribution >= 4 is 27.5 Å². The molecule has 3 aromatic carbocycles. The van der Waals surface area contributed by atoms with Gasteiger partial charge in [-0.25, -0.2) is 4.39 Å². The molecule has 28 heavy (non-hydrogen) atoms. The van der Waals surface area contributed by atoms with Crippen LogP contribution in [0.1, 0.15) is 11.1 Å². The highest BCUT2D eigenvalue weighted by Gasteiger charge is 2.23. The fourth-order valence-electron chi connectivity index (χ4n) is 3.02. The molecule has 0 aliphatic carbocycles. The van der Waals surface area contributed by atoms with Crippen LogP contribution in [0.2, 0.25) is 5.02 Å². The molecule has 0 unspecified atom stereocenters. The summed E-state index contributed by atoms with van der Waals surface area (Å²) in [4.78, 5) is 0. The van der Waals surface area contributed by atoms with Gasteiger partial charge < -0.3 is 4.74 Å². The summed E-state index contributed by atoms with van der Waals surface area (Å²) >= 11 is 6.20. The van der Waals surface area contributed by atoms with Crippen LogP contribution in [-0.2, 0) is 23.4 Å². The maximum absolute atomic E-state index is 13.2. The highest BCUT2D eigenvalue weighted by Crippen LogP contribution is 2.37. The van der Waals surface area contributed by atoms with Gasteiger partial charge in [-0.1, -0.05) is 35.9 Å². The molecule has 1 aliphatic heterocycles. The second kappa shape index (κ2) is 7.43. The maximum Gasteiger partial charge on any atom is 0.299 e. The van der Waals surface area contributed by atoms with Crippen LogP contribution in [0.4, 0.5) is 10.1 Å². The first kappa shape index (κ1) is 18.7. The number of fused-ring (bicyclic) bond motifs is 1. The Hall–Kier alpha value is -2.61. The third-order valence-corrected chi connectivity index (χ3v) is 5.55. The predicted octanol–water partition coefficient (Wildman–Crippen LogP) is 4.49. The summed E-state index contributed by atoms with van der Waals surface area (Å²) < 4.78 is 47.6. The van der Waals surface area contributed by atoms with Crippen molar-refractivity contribution in [2.24, 2.45) is 0 Å². The Morgan fingerprint density at radius 1 is 1.07 bits per heavy atom. The van der Waals surface area contributed by atoms with Gasteiger partial charge in [-0.15, -0.1) is 0 Å². The first-order chi connectivity index (χ1) is 13.4. The summed E-state index contributed by atoms with van der Waals surface area (Å²) in [7, 11) is -3.59. The molecule has 0 spiro atoms. The zero-order chi connectivity index (χ0) is 19.7. The van der Waals surface area contributed by atoms with E-state index in [1.807, 2.05) is 12.1 Å². The van der Waals surface area contributed by atoms with E-state index in [1.54, 1.807) is 36.4 Å². The summed E-state index contributed by atoms with van der Waals surface area (Å²) in [6.45, 7) is 0.419. The Kier molecular flexibility index (Phi) is 4.97. The van der Waals surface area contributed by atoms with Gasteiger partial charge in [0.2, 0.25) is 0 Å². The van der Waals surface area contributed by atoms with Gasteiger partial charge in [0.25, 0.3) is 10.2 Å². The lowest BCUT2D eigenvalue weighted by Gasteiger charge is -2.22. The number of hydrogen-bond donors (Lipinski definition) is 2. The number of benzene rings is 3. The first-order valence-electron chi connectivity index (χ1n) is 8.47. The first-order valence-corrected chi connectivity index (χ1v) is 10.3. The zero-order valence-electron chi connectivity index (χ0n) is 14.6. The molecule has 0 fully saturated rings. The van der Waals surface area contributed by atoms with E-state index in [1.165, 1.54) is 12.1 Å². The minimum atomic E-state index is -3.59. The van der Waals surface area contributed by atoms with Gasteiger partial charge >= 0.3 is 0 Å². The van der Waals surface area contributed by atoms with Gasteiger partial charge in [0.15, 0.2) is 0 Å². The van der Waals surface area contributed by atoms with Crippen molar-refractivity contribution in [2.75, 3.05) is 4.72 Å². The number of ether oxygens (including phenoxy) is 1. The molecule has 2 N–H and O–H groups in total. The molecule has 4 rings (SSSR count). The van der Waals surface area contributed by atoms with E-state index in [0.717, 1.165) is 16.7 Å². The summed E-state index contributed by atoms with van der Waals surface area (Å²) in [5.41, 5.74) is 3.49. The smallest absolute Gasteiger partial charge is 0.299 e. The third-order valence-electron chi connectivity index (χ3n) is 4.33. The molecular formula is C20H16ClFN2O3S. The number of nitrogens with one attached hydrogen (secondary N) is 2. The second-order valence-electron chi connectivity index (χ2n) is 6.36. The van der Waals surface area contributed by atoms with Crippen LogP contribution in [-0.4, -0.2) is 8.42 Å². The molecule has 3 aromatic rings. The van der Waals surface area contributed by atoms with Crippen molar-refractivity contribution in [2.45, 2.75) is 13.2 Å². The summed E-state index contributed by atoms with van der Waals surface area (Å²) in [5.74, 6) is 0.310. The highest BCUT2D eigenvalue weighted by molar-refractivity contribution is 7.90. The fourth-order valence-corrected chi connectivity index (χ4v) is 4.19. The average molecular weight is 419 g/mol. The van der Waals surface area contributed by atoms with Crippen molar-refractivity contribution in [1.29, 1.82) is 0 Å². The van der Waals surface area contributed by atoms with Crippen molar-refractivity contribution in [3.8, 4) is 16.9 Å². The average Bonchev–Trinajstić information content (AvgIpc) is 2.66. The fraction of sp³-hybridized carbons (Fsp3) is 0.100. The van der Waals surface area contributed by atoms with Crippen molar-refractivity contribution in [3.63, 3.8) is 0 Å². The van der Waals surface area contributed by atoms with E-state index in [4.69, 9.17) is 16.3 Å². The number of rotatable bonds is 4. The number of hydrogen-bond acceptors (Lipinski definition) is 3. The van der Waals surface area contributed by atoms with Gasteiger partial charge in [-0.3, -0.25) is 4.72 Å². The van der Waals surface area contributed by atoms with Crippen LogP contribution in [0.5, 0.6) is 5.75 Å². The van der Waals surface area contributed by atoms with Gasteiger partial charge in [-0.05, 0) is 53.1 Å². The Bertz CT molecular complexity index is 1130. The van der Waals surface area contributed by atoms with Gasteiger partial charge in [0.1, 0.15) is 18.2 Å². The number of anilines is 1. The van der Waals surface area contributed by atoms with E-state index in [-0.39, 0.29) is 19.0 Å². The zero-order valence-corrected chi connectivity index (χ0v) is 16.1. The molecule has 0 radical (unpaired) electrons. The Labute approximate surface area is 167 Å². The van der Waals surface area contributed by atoms with E-state index in [0.29, 0.717) is 22.0 Å². The van der Waals surface area contributed by atoms with Crippen LogP contribution >= 0.6 is 11.6 Å². The SMILES string of the molecule is O=S1(=O)NCc2cc(Cl)cc(-c3ccc(OCc4cccc(F)c4)cc3)c2N1. The molecule has 0 aromatic heterocycles. The van der Waals surface area contributed by atoms with E-state index in [2.05, 4.69) is 9.44 Å². The van der Waals surface area contributed by atoms with E-state index in [9.17, 15) is 12.8 Å². The third kappa shape index (κ3) is 4.11. The van der Waals surface area contributed by atoms with Crippen LogP contribution in [0.25, 0.3) is 11.1 Å². The quantitative estimate of drug-likeness (QED) is 0.656. The van der Waals surface area contributed by atoms with Crippen molar-refractivity contribution < 1.29 is 17.5 Å². The molecule has 0 saturated heterocycles. The molecule has 0 saturated carbocycles. The molecule has 144 valence electrons. The van der Waals surface area contributed by atoms with Crippen LogP contribution in [0, 0.1) is 5.82 Å². The van der Waals surface area contributed by atoms with E-state index < -0.39 is 10.2 Å². The lowest BCUT2D eigenvalue weighted by Crippen LogP contribution is -2.34. The topological polar surface area (TPSA) is 67.4 Å². The van der Waals surface area contributed by atoms with Gasteiger partial charge in [-0.2, -0.15) is 13.1 Å². The predicted molar refractivity (Wildman–Crippen MR) is 107 cm³/mol. The summed E-state index contributed by atoms with van der Waals surface area (Å²) in [6, 6.07) is 16.9. The summed E-state index contributed by atoms with van der Waals surface area (Å²) in [6.07, 6.45) is 0. The van der Waals surface area contributed by atoms with Crippen LogP contribution < -0.4 is 14.2 Å². The molecule has 0 amide bonds. The van der Waals surface area contributed by atoms with Crippen LogP contribution in [0.3, 0.4) is 0 Å². The molecular weight excluding hydrogens is 403 g/mol. The lowest BCUT2D eigenvalue weighted by atomic mass is 10.00. The minimum Gasteiger partial charge on any atom is -0.489 e. The minimum absolute atomic E-state index is 0.174. The Morgan fingerprint density at radius 3 is 2.61 bits per heavy atom. The molecule has 5 nitrogen and oxygen atoms in total. The number of halogens is 2. The van der Waals surface area contributed by atoms with Gasteiger partial charge in [0, 0.05) is 17.1 Å². The Morgan fingerprint density at radius 2 is 1.86 bits per heavy atom. The molecule has 1 heterocycles. The molecule has 0 atom stereocenters. The standard InChI is InChI=1S/C20H16ClFN2O3S/c21-16-9-15-11-23-28(25,26)24-20(15)19(10-16)14-4-6-18(7-5-14)27-12-13-2-1-3-17(22)8-13/h1-10,23-24H,11-12H2. The molecule has 8 heteroatoms. The molecule has 1 aliphatic rings. The van der Waals surface area contributed by atoms with Crippen molar-refractivity contribution in [3.05, 3.63) is 82.6 Å². The maximum atomic E-state index is 13.2. The normalized spacial score (nSPS) is 14.8. The Balaban J connectivity index is 1.58. The lowest BCUT2D eigenvalue weighted by molar-refractivity contribution is 0.305. The molecule has 0 bridgehead atoms. The largest absolute Gasteiger partial charge is 0.489 e. The van der Waals surface area contributed by atoms with E-state index >= 15 is 0 Å². The highest BCUT2D eigenvalue weighted by atomic mass is 35.5. The van der Waals surface area contributed by atoms with Gasteiger partial charge in [0.05, 0.1) is 5.69 Å². The monoisotopic (exact) mass is 418 g/mol.